The van der Waals surface area contributed by atoms with Crippen molar-refractivity contribution in [1.82, 2.24) is 5.32 Å². The highest BCUT2D eigenvalue weighted by Gasteiger charge is 2.30. The lowest BCUT2D eigenvalue weighted by Crippen LogP contribution is -2.40. The molecule has 1 unspecified atom stereocenters. The predicted octanol–water partition coefficient (Wildman–Crippen LogP) is 1.52. The zero-order valence-corrected chi connectivity index (χ0v) is 13.7. The standard InChI is InChI=1S/C15H22N2O4S/c1-3-4-10-16-15(18)14-9-11-17(22(2,19)20)12-7-5-6-8-13(12)21-14/h5-8,14H,3-4,9-11H2,1-2H3,(H,16,18). The number of ether oxygens (including phenoxy) is 1. The van der Waals surface area contributed by atoms with Crippen LogP contribution in [0.4, 0.5) is 5.69 Å². The zero-order chi connectivity index (χ0) is 16.2. The van der Waals surface area contributed by atoms with E-state index in [1.54, 1.807) is 24.3 Å². The second kappa shape index (κ2) is 7.00. The van der Waals surface area contributed by atoms with Crippen LogP contribution < -0.4 is 14.4 Å². The Morgan fingerprint density at radius 3 is 2.82 bits per heavy atom. The molecule has 0 aromatic heterocycles. The molecule has 1 aliphatic heterocycles. The van der Waals surface area contributed by atoms with Crippen LogP contribution in [0.2, 0.25) is 0 Å². The van der Waals surface area contributed by atoms with Crippen molar-refractivity contribution in [3.8, 4) is 5.75 Å². The summed E-state index contributed by atoms with van der Waals surface area (Å²) in [6.07, 6.45) is 2.70. The number of hydrogen-bond donors (Lipinski definition) is 1. The molecule has 0 fully saturated rings. The van der Waals surface area contributed by atoms with E-state index in [-0.39, 0.29) is 12.5 Å². The van der Waals surface area contributed by atoms with Gasteiger partial charge in [0.1, 0.15) is 5.75 Å². The van der Waals surface area contributed by atoms with Crippen molar-refractivity contribution in [2.24, 2.45) is 0 Å². The van der Waals surface area contributed by atoms with Crippen LogP contribution in [0, 0.1) is 0 Å². The third kappa shape index (κ3) is 3.91. The number of hydrogen-bond acceptors (Lipinski definition) is 4. The van der Waals surface area contributed by atoms with Crippen LogP contribution in [-0.4, -0.2) is 39.8 Å². The average molecular weight is 326 g/mol. The lowest BCUT2D eigenvalue weighted by molar-refractivity contribution is -0.128. The highest BCUT2D eigenvalue weighted by molar-refractivity contribution is 7.92. The number of benzene rings is 1. The van der Waals surface area contributed by atoms with Crippen molar-refractivity contribution in [3.05, 3.63) is 24.3 Å². The van der Waals surface area contributed by atoms with Crippen LogP contribution in [0.25, 0.3) is 0 Å². The van der Waals surface area contributed by atoms with E-state index in [9.17, 15) is 13.2 Å². The minimum atomic E-state index is -3.41. The molecule has 1 amide bonds. The summed E-state index contributed by atoms with van der Waals surface area (Å²) in [6, 6.07) is 6.89. The molecule has 7 heteroatoms. The first-order valence-corrected chi connectivity index (χ1v) is 9.29. The largest absolute Gasteiger partial charge is 0.478 e. The number of carbonyl (C=O) groups excluding carboxylic acids is 1. The Morgan fingerprint density at radius 2 is 2.14 bits per heavy atom. The van der Waals surface area contributed by atoms with Gasteiger partial charge < -0.3 is 10.1 Å². The summed E-state index contributed by atoms with van der Waals surface area (Å²) >= 11 is 0. The molecule has 1 atom stereocenters. The van der Waals surface area contributed by atoms with Crippen LogP contribution in [0.3, 0.4) is 0 Å². The van der Waals surface area contributed by atoms with Gasteiger partial charge >= 0.3 is 0 Å². The number of fused-ring (bicyclic) bond motifs is 1. The fourth-order valence-electron chi connectivity index (χ4n) is 2.36. The van der Waals surface area contributed by atoms with Crippen LogP contribution >= 0.6 is 0 Å². The van der Waals surface area contributed by atoms with Crippen molar-refractivity contribution < 1.29 is 17.9 Å². The highest BCUT2D eigenvalue weighted by Crippen LogP contribution is 2.33. The smallest absolute Gasteiger partial charge is 0.261 e. The summed E-state index contributed by atoms with van der Waals surface area (Å²) in [4.78, 5) is 12.2. The van der Waals surface area contributed by atoms with Gasteiger partial charge in [-0.25, -0.2) is 8.42 Å². The molecule has 1 aromatic carbocycles. The Kier molecular flexibility index (Phi) is 5.28. The number of unbranched alkanes of at least 4 members (excludes halogenated alkanes) is 1. The minimum absolute atomic E-state index is 0.196. The van der Waals surface area contributed by atoms with Gasteiger partial charge in [0.05, 0.1) is 11.9 Å². The Morgan fingerprint density at radius 1 is 1.41 bits per heavy atom. The summed E-state index contributed by atoms with van der Waals surface area (Å²) in [5, 5.41) is 2.83. The van der Waals surface area contributed by atoms with Gasteiger partial charge in [0.2, 0.25) is 10.0 Å². The van der Waals surface area contributed by atoms with E-state index in [4.69, 9.17) is 4.74 Å². The number of anilines is 1. The number of sulfonamides is 1. The molecule has 1 heterocycles. The van der Waals surface area contributed by atoms with E-state index in [1.165, 1.54) is 4.31 Å². The van der Waals surface area contributed by atoms with Gasteiger partial charge in [0, 0.05) is 19.5 Å². The third-order valence-corrected chi connectivity index (χ3v) is 4.70. The van der Waals surface area contributed by atoms with Crippen molar-refractivity contribution in [2.75, 3.05) is 23.7 Å². The van der Waals surface area contributed by atoms with Crippen LogP contribution in [-0.2, 0) is 14.8 Å². The number of carbonyl (C=O) groups is 1. The second-order valence-corrected chi connectivity index (χ2v) is 7.25. The summed E-state index contributed by atoms with van der Waals surface area (Å²) in [6.45, 7) is 2.88. The zero-order valence-electron chi connectivity index (χ0n) is 12.9. The number of rotatable bonds is 5. The average Bonchev–Trinajstić information content (AvgIpc) is 2.66. The molecule has 122 valence electrons. The lowest BCUT2D eigenvalue weighted by atomic mass is 10.2. The maximum atomic E-state index is 12.2. The summed E-state index contributed by atoms with van der Waals surface area (Å²) in [5.41, 5.74) is 0.480. The van der Waals surface area contributed by atoms with Gasteiger partial charge in [0.25, 0.3) is 5.91 Å². The van der Waals surface area contributed by atoms with E-state index >= 15 is 0 Å². The first-order valence-electron chi connectivity index (χ1n) is 7.44. The molecule has 1 aliphatic rings. The molecule has 0 saturated carbocycles. The normalized spacial score (nSPS) is 18.1. The lowest BCUT2D eigenvalue weighted by Gasteiger charge is -2.20. The van der Waals surface area contributed by atoms with Crippen LogP contribution in [0.5, 0.6) is 5.75 Å². The van der Waals surface area contributed by atoms with Crippen LogP contribution in [0.1, 0.15) is 26.2 Å². The molecule has 1 aromatic rings. The number of para-hydroxylation sites is 2. The van der Waals surface area contributed by atoms with Crippen LogP contribution in [0.15, 0.2) is 24.3 Å². The molecule has 0 radical (unpaired) electrons. The summed E-state index contributed by atoms with van der Waals surface area (Å²) in [7, 11) is -3.41. The van der Waals surface area contributed by atoms with Gasteiger partial charge in [-0.3, -0.25) is 9.10 Å². The topological polar surface area (TPSA) is 75.7 Å². The predicted molar refractivity (Wildman–Crippen MR) is 85.6 cm³/mol. The molecule has 2 rings (SSSR count). The molecular weight excluding hydrogens is 304 g/mol. The number of nitrogens with one attached hydrogen (secondary N) is 1. The summed E-state index contributed by atoms with van der Waals surface area (Å²) in [5.74, 6) is 0.222. The first-order chi connectivity index (χ1) is 10.4. The summed E-state index contributed by atoms with van der Waals surface area (Å²) < 4.78 is 31.0. The molecule has 1 N–H and O–H groups in total. The minimum Gasteiger partial charge on any atom is -0.478 e. The van der Waals surface area contributed by atoms with E-state index in [1.807, 2.05) is 0 Å². The molecule has 0 saturated heterocycles. The third-order valence-electron chi connectivity index (χ3n) is 3.52. The maximum absolute atomic E-state index is 12.2. The van der Waals surface area contributed by atoms with Gasteiger partial charge in [-0.2, -0.15) is 0 Å². The van der Waals surface area contributed by atoms with Gasteiger partial charge in [-0.15, -0.1) is 0 Å². The highest BCUT2D eigenvalue weighted by atomic mass is 32.2. The monoisotopic (exact) mass is 326 g/mol. The first kappa shape index (κ1) is 16.6. The molecule has 0 spiro atoms. The van der Waals surface area contributed by atoms with E-state index < -0.39 is 16.1 Å². The van der Waals surface area contributed by atoms with Gasteiger partial charge in [-0.05, 0) is 18.6 Å². The quantitative estimate of drug-likeness (QED) is 0.833. The molecular formula is C15H22N2O4S. The molecule has 0 aliphatic carbocycles. The van der Waals surface area contributed by atoms with Crippen molar-refractivity contribution in [3.63, 3.8) is 0 Å². The van der Waals surface area contributed by atoms with E-state index in [2.05, 4.69) is 12.2 Å². The fraction of sp³-hybridized carbons (Fsp3) is 0.533. The van der Waals surface area contributed by atoms with Crippen molar-refractivity contribution in [2.45, 2.75) is 32.3 Å². The Bertz CT molecular complexity index is 630. The molecule has 6 nitrogen and oxygen atoms in total. The van der Waals surface area contributed by atoms with Gasteiger partial charge in [0.15, 0.2) is 6.10 Å². The molecule has 22 heavy (non-hydrogen) atoms. The van der Waals surface area contributed by atoms with Crippen molar-refractivity contribution >= 4 is 21.6 Å². The fourth-order valence-corrected chi connectivity index (χ4v) is 3.31. The number of nitrogens with zero attached hydrogens (tertiary/aromatic N) is 1. The van der Waals surface area contributed by atoms with E-state index in [0.29, 0.717) is 24.4 Å². The Labute approximate surface area is 131 Å². The number of amides is 1. The Balaban J connectivity index is 2.20. The Hall–Kier alpha value is -1.76. The van der Waals surface area contributed by atoms with E-state index in [0.717, 1.165) is 19.1 Å². The van der Waals surface area contributed by atoms with Gasteiger partial charge in [-0.1, -0.05) is 25.5 Å². The molecule has 0 bridgehead atoms. The van der Waals surface area contributed by atoms with Crippen molar-refractivity contribution in [1.29, 1.82) is 0 Å². The maximum Gasteiger partial charge on any atom is 0.261 e. The second-order valence-electron chi connectivity index (χ2n) is 5.34. The SMILES string of the molecule is CCCCNC(=O)C1CCN(S(C)(=O)=O)c2ccccc2O1.